The largest absolute Gasteiger partial charge is 0.490 e. The lowest BCUT2D eigenvalue weighted by molar-refractivity contribution is 0.355. The molecule has 1 fully saturated rings. The molecule has 1 aliphatic rings. The molecule has 7 nitrogen and oxygen atoms in total. The van der Waals surface area contributed by atoms with Crippen LogP contribution in [0.5, 0.6) is 11.6 Å². The molecule has 2 rings (SSSR count). The Morgan fingerprint density at radius 2 is 2.35 bits per heavy atom. The molecule has 0 aliphatic carbocycles. The topological polar surface area (TPSA) is 90.5 Å². The molecular weight excluding hydrogens is 224 g/mol. The van der Waals surface area contributed by atoms with E-state index in [0.717, 1.165) is 19.6 Å². The van der Waals surface area contributed by atoms with E-state index in [4.69, 9.17) is 4.74 Å². The molecule has 1 aromatic rings. The molecule has 0 radical (unpaired) electrons. The Bertz CT molecular complexity index is 459. The average Bonchev–Trinajstić information content (AvgIpc) is 2.29. The lowest BCUT2D eigenvalue weighted by Crippen LogP contribution is -2.50. The highest BCUT2D eigenvalue weighted by Crippen LogP contribution is 2.21. The van der Waals surface area contributed by atoms with Gasteiger partial charge in [-0.25, -0.2) is 0 Å². The van der Waals surface area contributed by atoms with Gasteiger partial charge < -0.3 is 20.1 Å². The first-order valence-corrected chi connectivity index (χ1v) is 5.48. The van der Waals surface area contributed by atoms with Gasteiger partial charge in [-0.3, -0.25) is 9.78 Å². The first kappa shape index (κ1) is 11.7. The minimum atomic E-state index is -0.472. The standard InChI is InChI=1S/C10H16N4O3/c1-6-5-11-3-4-14(6)10-12-8(15)7(17-2)9(16)13-10/h6,11H,3-5H2,1-2H3,(H2,12,13,15,16). The molecule has 7 heteroatoms. The van der Waals surface area contributed by atoms with Crippen molar-refractivity contribution in [3.63, 3.8) is 0 Å². The van der Waals surface area contributed by atoms with E-state index in [1.54, 1.807) is 0 Å². The lowest BCUT2D eigenvalue weighted by atomic mass is 10.2. The Kier molecular flexibility index (Phi) is 3.19. The summed E-state index contributed by atoms with van der Waals surface area (Å²) in [5.74, 6) is -0.157. The molecule has 0 spiro atoms. The highest BCUT2D eigenvalue weighted by Gasteiger charge is 2.22. The summed E-state index contributed by atoms with van der Waals surface area (Å²) in [6, 6.07) is 0.208. The van der Waals surface area contributed by atoms with Crippen molar-refractivity contribution in [3.05, 3.63) is 10.4 Å². The number of H-pyrrole nitrogens is 1. The number of hydrogen-bond donors (Lipinski definition) is 3. The zero-order chi connectivity index (χ0) is 12.4. The highest BCUT2D eigenvalue weighted by atomic mass is 16.5. The van der Waals surface area contributed by atoms with Gasteiger partial charge in [0.05, 0.1) is 7.11 Å². The van der Waals surface area contributed by atoms with Crippen molar-refractivity contribution in [2.24, 2.45) is 0 Å². The molecular formula is C10H16N4O3. The van der Waals surface area contributed by atoms with Crippen molar-refractivity contribution in [2.75, 3.05) is 31.6 Å². The number of aromatic nitrogens is 2. The van der Waals surface area contributed by atoms with Crippen LogP contribution in [0.1, 0.15) is 6.92 Å². The molecule has 3 N–H and O–H groups in total. The number of anilines is 1. The van der Waals surface area contributed by atoms with E-state index in [2.05, 4.69) is 15.3 Å². The maximum Gasteiger partial charge on any atom is 0.298 e. The second-order valence-electron chi connectivity index (χ2n) is 3.99. The van der Waals surface area contributed by atoms with Crippen LogP contribution in [0, 0.1) is 0 Å². The molecule has 1 aromatic heterocycles. The Balaban J connectivity index is 2.36. The number of nitrogens with one attached hydrogen (secondary N) is 2. The summed E-state index contributed by atoms with van der Waals surface area (Å²) in [6.45, 7) is 4.39. The van der Waals surface area contributed by atoms with Crippen LogP contribution in [0.3, 0.4) is 0 Å². The molecule has 1 saturated heterocycles. The Labute approximate surface area is 98.4 Å². The fourth-order valence-corrected chi connectivity index (χ4v) is 1.91. The van der Waals surface area contributed by atoms with E-state index in [1.807, 2.05) is 11.8 Å². The van der Waals surface area contributed by atoms with Gasteiger partial charge in [-0.2, -0.15) is 4.98 Å². The third-order valence-electron chi connectivity index (χ3n) is 2.82. The van der Waals surface area contributed by atoms with Gasteiger partial charge in [0.25, 0.3) is 11.4 Å². The number of piperazine rings is 1. The van der Waals surface area contributed by atoms with Crippen molar-refractivity contribution < 1.29 is 9.84 Å². The van der Waals surface area contributed by atoms with E-state index in [1.165, 1.54) is 7.11 Å². The summed E-state index contributed by atoms with van der Waals surface area (Å²) in [7, 11) is 1.32. The quantitative estimate of drug-likeness (QED) is 0.632. The smallest absolute Gasteiger partial charge is 0.298 e. The summed E-state index contributed by atoms with van der Waals surface area (Å²) in [6.07, 6.45) is 0. The minimum absolute atomic E-state index is 0.156. The maximum atomic E-state index is 11.6. The number of ether oxygens (including phenoxy) is 1. The van der Waals surface area contributed by atoms with Crippen LogP contribution in [0.4, 0.5) is 5.95 Å². The summed E-state index contributed by atoms with van der Waals surface area (Å²) in [5, 5.41) is 12.8. The van der Waals surface area contributed by atoms with Gasteiger partial charge in [-0.1, -0.05) is 0 Å². The number of nitrogens with zero attached hydrogens (tertiary/aromatic N) is 2. The zero-order valence-corrected chi connectivity index (χ0v) is 9.86. The van der Waals surface area contributed by atoms with E-state index in [0.29, 0.717) is 5.95 Å². The molecule has 1 aliphatic heterocycles. The monoisotopic (exact) mass is 240 g/mol. The first-order valence-electron chi connectivity index (χ1n) is 5.48. The molecule has 0 saturated carbocycles. The van der Waals surface area contributed by atoms with Crippen molar-refractivity contribution >= 4 is 5.95 Å². The highest BCUT2D eigenvalue weighted by molar-refractivity contribution is 5.40. The number of aromatic hydroxyl groups is 1. The fraction of sp³-hybridized carbons (Fsp3) is 0.600. The van der Waals surface area contributed by atoms with Gasteiger partial charge in [0.1, 0.15) is 0 Å². The van der Waals surface area contributed by atoms with Gasteiger partial charge >= 0.3 is 0 Å². The second kappa shape index (κ2) is 4.62. The van der Waals surface area contributed by atoms with Crippen molar-refractivity contribution in [1.29, 1.82) is 0 Å². The lowest BCUT2D eigenvalue weighted by Gasteiger charge is -2.34. The molecule has 0 aromatic carbocycles. The van der Waals surface area contributed by atoms with E-state index in [-0.39, 0.29) is 17.7 Å². The fourth-order valence-electron chi connectivity index (χ4n) is 1.91. The second-order valence-corrected chi connectivity index (χ2v) is 3.99. The van der Waals surface area contributed by atoms with Crippen LogP contribution in [0.25, 0.3) is 0 Å². The average molecular weight is 240 g/mol. The van der Waals surface area contributed by atoms with E-state index in [9.17, 15) is 9.90 Å². The van der Waals surface area contributed by atoms with E-state index < -0.39 is 5.56 Å². The summed E-state index contributed by atoms with van der Waals surface area (Å²) in [5.41, 5.74) is -0.472. The van der Waals surface area contributed by atoms with Gasteiger partial charge in [0, 0.05) is 25.7 Å². The third-order valence-corrected chi connectivity index (χ3v) is 2.82. The van der Waals surface area contributed by atoms with Gasteiger partial charge in [-0.15, -0.1) is 0 Å². The van der Waals surface area contributed by atoms with Crippen LogP contribution in [-0.4, -0.2) is 47.9 Å². The number of aromatic amines is 1. The Morgan fingerprint density at radius 3 is 2.94 bits per heavy atom. The predicted octanol–water partition coefficient (Wildman–Crippen LogP) is -0.718. The van der Waals surface area contributed by atoms with Crippen LogP contribution >= 0.6 is 0 Å². The number of methoxy groups -OCH3 is 1. The molecule has 17 heavy (non-hydrogen) atoms. The molecule has 1 atom stereocenters. The molecule has 1 unspecified atom stereocenters. The van der Waals surface area contributed by atoms with Crippen molar-refractivity contribution in [1.82, 2.24) is 15.3 Å². The summed E-state index contributed by atoms with van der Waals surface area (Å²) < 4.78 is 4.76. The van der Waals surface area contributed by atoms with Crippen LogP contribution in [0.15, 0.2) is 4.79 Å². The molecule has 94 valence electrons. The van der Waals surface area contributed by atoms with Gasteiger partial charge in [0.15, 0.2) is 0 Å². The molecule has 2 heterocycles. The summed E-state index contributed by atoms with van der Waals surface area (Å²) >= 11 is 0. The van der Waals surface area contributed by atoms with Gasteiger partial charge in [0.2, 0.25) is 11.7 Å². The predicted molar refractivity (Wildman–Crippen MR) is 62.8 cm³/mol. The minimum Gasteiger partial charge on any atom is -0.490 e. The zero-order valence-electron chi connectivity index (χ0n) is 9.86. The van der Waals surface area contributed by atoms with Crippen molar-refractivity contribution in [3.8, 4) is 11.6 Å². The molecule has 0 bridgehead atoms. The Morgan fingerprint density at radius 1 is 1.59 bits per heavy atom. The molecule has 0 amide bonds. The maximum absolute atomic E-state index is 11.6. The van der Waals surface area contributed by atoms with Crippen LogP contribution < -0.4 is 20.5 Å². The number of rotatable bonds is 2. The van der Waals surface area contributed by atoms with Gasteiger partial charge in [-0.05, 0) is 6.92 Å². The van der Waals surface area contributed by atoms with Crippen LogP contribution in [-0.2, 0) is 0 Å². The summed E-state index contributed by atoms with van der Waals surface area (Å²) in [4.78, 5) is 20.1. The van der Waals surface area contributed by atoms with Crippen LogP contribution in [0.2, 0.25) is 0 Å². The van der Waals surface area contributed by atoms with Crippen molar-refractivity contribution in [2.45, 2.75) is 13.0 Å². The van der Waals surface area contributed by atoms with E-state index >= 15 is 0 Å². The normalized spacial score (nSPS) is 20.4. The SMILES string of the molecule is COc1c(O)nc(N2CCNCC2C)[nH]c1=O. The number of hydrogen-bond acceptors (Lipinski definition) is 6. The first-order chi connectivity index (χ1) is 8.13. The Hall–Kier alpha value is -1.76. The third kappa shape index (κ3) is 2.19.